The molecular formula is C19H20N4O3. The fourth-order valence-electron chi connectivity index (χ4n) is 2.76. The quantitative estimate of drug-likeness (QED) is 0.812. The van der Waals surface area contributed by atoms with Crippen molar-refractivity contribution in [3.8, 4) is 0 Å². The molecule has 0 unspecified atom stereocenters. The van der Waals surface area contributed by atoms with E-state index in [-0.39, 0.29) is 17.5 Å². The summed E-state index contributed by atoms with van der Waals surface area (Å²) in [6.45, 7) is 2.35. The van der Waals surface area contributed by atoms with E-state index in [9.17, 15) is 14.4 Å². The van der Waals surface area contributed by atoms with E-state index in [1.54, 1.807) is 15.9 Å². The molecule has 7 heteroatoms. The maximum Gasteiger partial charge on any atom is 0.272 e. The van der Waals surface area contributed by atoms with Crippen molar-refractivity contribution in [1.82, 2.24) is 20.1 Å². The number of rotatable bonds is 5. The summed E-state index contributed by atoms with van der Waals surface area (Å²) >= 11 is 0. The van der Waals surface area contributed by atoms with Crippen LogP contribution in [0.3, 0.4) is 0 Å². The van der Waals surface area contributed by atoms with Crippen molar-refractivity contribution >= 4 is 18.2 Å². The Morgan fingerprint density at radius 1 is 1.08 bits per heavy atom. The van der Waals surface area contributed by atoms with Crippen molar-refractivity contribution in [2.24, 2.45) is 0 Å². The van der Waals surface area contributed by atoms with Crippen LogP contribution in [0.15, 0.2) is 48.7 Å². The lowest BCUT2D eigenvalue weighted by Gasteiger charge is -2.32. The van der Waals surface area contributed by atoms with E-state index in [4.69, 9.17) is 0 Å². The molecule has 1 aliphatic rings. The van der Waals surface area contributed by atoms with Gasteiger partial charge >= 0.3 is 0 Å². The molecule has 1 N–H and O–H groups in total. The lowest BCUT2D eigenvalue weighted by molar-refractivity contribution is -0.119. The van der Waals surface area contributed by atoms with E-state index in [1.165, 1.54) is 12.3 Å². The number of aromatic nitrogens is 1. The number of benzene rings is 1. The highest BCUT2D eigenvalue weighted by molar-refractivity contribution is 5.98. The summed E-state index contributed by atoms with van der Waals surface area (Å²) in [6.07, 6.45) is 2.25. The SMILES string of the molecule is O=CN1CCN(C(=O)c2cc(C(=O)NCc3ccccc3)ccn2)CC1. The standard InChI is InChI=1S/C19H20N4O3/c24-14-22-8-10-23(11-9-22)19(26)17-12-16(6-7-20-17)18(25)21-13-15-4-2-1-3-5-15/h1-7,12,14H,8-11,13H2,(H,21,25). The molecule has 0 spiro atoms. The molecule has 1 aliphatic heterocycles. The highest BCUT2D eigenvalue weighted by Gasteiger charge is 2.22. The van der Waals surface area contributed by atoms with Crippen molar-refractivity contribution in [3.05, 3.63) is 65.5 Å². The Morgan fingerprint density at radius 2 is 1.81 bits per heavy atom. The molecule has 134 valence electrons. The summed E-state index contributed by atoms with van der Waals surface area (Å²) in [5, 5.41) is 2.84. The summed E-state index contributed by atoms with van der Waals surface area (Å²) in [7, 11) is 0. The molecule has 3 rings (SSSR count). The Balaban J connectivity index is 1.63. The van der Waals surface area contributed by atoms with E-state index in [0.29, 0.717) is 38.3 Å². The molecule has 2 aromatic rings. The van der Waals surface area contributed by atoms with Gasteiger partial charge in [-0.15, -0.1) is 0 Å². The van der Waals surface area contributed by atoms with E-state index < -0.39 is 0 Å². The van der Waals surface area contributed by atoms with Crippen LogP contribution >= 0.6 is 0 Å². The van der Waals surface area contributed by atoms with Crippen molar-refractivity contribution < 1.29 is 14.4 Å². The number of hydrogen-bond donors (Lipinski definition) is 1. The minimum atomic E-state index is -0.254. The number of carbonyl (C=O) groups excluding carboxylic acids is 3. The number of nitrogens with zero attached hydrogens (tertiary/aromatic N) is 3. The van der Waals surface area contributed by atoms with Gasteiger partial charge in [0.15, 0.2) is 0 Å². The molecule has 1 saturated heterocycles. The van der Waals surface area contributed by atoms with Crippen molar-refractivity contribution in [1.29, 1.82) is 0 Å². The third kappa shape index (κ3) is 4.24. The highest BCUT2D eigenvalue weighted by atomic mass is 16.2. The van der Waals surface area contributed by atoms with Crippen LogP contribution in [0.1, 0.15) is 26.4 Å². The molecule has 7 nitrogen and oxygen atoms in total. The average Bonchev–Trinajstić information content (AvgIpc) is 2.72. The molecule has 0 radical (unpaired) electrons. The molecule has 1 aromatic carbocycles. The molecular weight excluding hydrogens is 332 g/mol. The number of carbonyl (C=O) groups is 3. The van der Waals surface area contributed by atoms with E-state index in [1.807, 2.05) is 30.3 Å². The topological polar surface area (TPSA) is 82.6 Å². The summed E-state index contributed by atoms with van der Waals surface area (Å²) in [4.78, 5) is 43.0. The predicted molar refractivity (Wildman–Crippen MR) is 95.4 cm³/mol. The number of piperazine rings is 1. The molecule has 1 fully saturated rings. The molecule has 2 heterocycles. The fraction of sp³-hybridized carbons (Fsp3) is 0.263. The molecule has 1 aromatic heterocycles. The summed E-state index contributed by atoms with van der Waals surface area (Å²) < 4.78 is 0. The minimum Gasteiger partial charge on any atom is -0.348 e. The van der Waals surface area contributed by atoms with E-state index >= 15 is 0 Å². The molecule has 26 heavy (non-hydrogen) atoms. The van der Waals surface area contributed by atoms with Gasteiger partial charge in [-0.05, 0) is 17.7 Å². The fourth-order valence-corrected chi connectivity index (χ4v) is 2.76. The summed E-state index contributed by atoms with van der Waals surface area (Å²) in [5.41, 5.74) is 1.63. The van der Waals surface area contributed by atoms with Gasteiger partial charge in [0.05, 0.1) is 0 Å². The van der Waals surface area contributed by atoms with Gasteiger partial charge in [-0.2, -0.15) is 0 Å². The van der Waals surface area contributed by atoms with Crippen LogP contribution in [0.5, 0.6) is 0 Å². The van der Waals surface area contributed by atoms with Crippen LogP contribution in [0, 0.1) is 0 Å². The third-order valence-corrected chi connectivity index (χ3v) is 4.29. The Morgan fingerprint density at radius 3 is 2.50 bits per heavy atom. The van der Waals surface area contributed by atoms with Crippen LogP contribution < -0.4 is 5.32 Å². The van der Waals surface area contributed by atoms with Crippen LogP contribution in [-0.4, -0.2) is 59.2 Å². The van der Waals surface area contributed by atoms with Gasteiger partial charge in [0.1, 0.15) is 5.69 Å². The maximum atomic E-state index is 12.6. The lowest BCUT2D eigenvalue weighted by atomic mass is 10.1. The third-order valence-electron chi connectivity index (χ3n) is 4.29. The van der Waals surface area contributed by atoms with Gasteiger partial charge in [-0.1, -0.05) is 30.3 Å². The smallest absolute Gasteiger partial charge is 0.272 e. The number of hydrogen-bond acceptors (Lipinski definition) is 4. The van der Waals surface area contributed by atoms with Gasteiger partial charge in [-0.3, -0.25) is 19.4 Å². The minimum absolute atomic E-state index is 0.228. The zero-order valence-corrected chi connectivity index (χ0v) is 14.3. The molecule has 0 aliphatic carbocycles. The van der Waals surface area contributed by atoms with E-state index in [0.717, 1.165) is 12.0 Å². The maximum absolute atomic E-state index is 12.6. The molecule has 0 bridgehead atoms. The highest BCUT2D eigenvalue weighted by Crippen LogP contribution is 2.09. The van der Waals surface area contributed by atoms with Gasteiger partial charge in [-0.25, -0.2) is 0 Å². The van der Waals surface area contributed by atoms with E-state index in [2.05, 4.69) is 10.3 Å². The van der Waals surface area contributed by atoms with Gasteiger partial charge < -0.3 is 15.1 Å². The van der Waals surface area contributed by atoms with Crippen LogP contribution in [-0.2, 0) is 11.3 Å². The van der Waals surface area contributed by atoms with Crippen molar-refractivity contribution in [3.63, 3.8) is 0 Å². The van der Waals surface area contributed by atoms with Crippen LogP contribution in [0.25, 0.3) is 0 Å². The predicted octanol–water partition coefficient (Wildman–Crippen LogP) is 0.926. The second-order valence-corrected chi connectivity index (χ2v) is 6.03. The zero-order valence-electron chi connectivity index (χ0n) is 14.3. The van der Waals surface area contributed by atoms with Gasteiger partial charge in [0.25, 0.3) is 11.8 Å². The molecule has 3 amide bonds. The second-order valence-electron chi connectivity index (χ2n) is 6.03. The second kappa shape index (κ2) is 8.24. The first kappa shape index (κ1) is 17.6. The lowest BCUT2D eigenvalue weighted by Crippen LogP contribution is -2.48. The molecule has 0 atom stereocenters. The number of nitrogens with one attached hydrogen (secondary N) is 1. The summed E-state index contributed by atoms with van der Waals surface area (Å²) in [5.74, 6) is -0.482. The zero-order chi connectivity index (χ0) is 18.4. The Bertz CT molecular complexity index is 786. The monoisotopic (exact) mass is 352 g/mol. The Kier molecular flexibility index (Phi) is 5.58. The number of pyridine rings is 1. The molecule has 0 saturated carbocycles. The first-order valence-corrected chi connectivity index (χ1v) is 8.44. The Labute approximate surface area is 151 Å². The van der Waals surface area contributed by atoms with Crippen LogP contribution in [0.4, 0.5) is 0 Å². The Hall–Kier alpha value is -3.22. The number of amides is 3. The average molecular weight is 352 g/mol. The van der Waals surface area contributed by atoms with Gasteiger partial charge in [0.2, 0.25) is 6.41 Å². The van der Waals surface area contributed by atoms with Crippen molar-refractivity contribution in [2.45, 2.75) is 6.54 Å². The van der Waals surface area contributed by atoms with Crippen molar-refractivity contribution in [2.75, 3.05) is 26.2 Å². The van der Waals surface area contributed by atoms with Crippen LogP contribution in [0.2, 0.25) is 0 Å². The summed E-state index contributed by atoms with van der Waals surface area (Å²) in [6, 6.07) is 12.7. The largest absolute Gasteiger partial charge is 0.348 e. The van der Waals surface area contributed by atoms with Gasteiger partial charge in [0, 0.05) is 44.5 Å². The first-order chi connectivity index (χ1) is 12.7. The first-order valence-electron chi connectivity index (χ1n) is 8.44. The normalized spacial score (nSPS) is 14.0.